The van der Waals surface area contributed by atoms with Gasteiger partial charge in [-0.1, -0.05) is 12.1 Å². The molecule has 0 atom stereocenters. The summed E-state index contributed by atoms with van der Waals surface area (Å²) in [5, 5.41) is 0.952. The van der Waals surface area contributed by atoms with Crippen LogP contribution in [-0.4, -0.2) is 19.3 Å². The van der Waals surface area contributed by atoms with Crippen LogP contribution in [-0.2, 0) is 13.1 Å². The highest BCUT2D eigenvalue weighted by molar-refractivity contribution is 7.09. The molecule has 1 aliphatic rings. The zero-order valence-electron chi connectivity index (χ0n) is 14.5. The van der Waals surface area contributed by atoms with Crippen LogP contribution in [0, 0.1) is 13.8 Å². The summed E-state index contributed by atoms with van der Waals surface area (Å²) >= 11 is 1.48. The lowest BCUT2D eigenvalue weighted by Crippen LogP contribution is -2.23. The van der Waals surface area contributed by atoms with E-state index in [4.69, 9.17) is 4.98 Å². The fourth-order valence-corrected chi connectivity index (χ4v) is 3.56. The molecule has 1 saturated carbocycles. The minimum atomic E-state index is 0.570. The van der Waals surface area contributed by atoms with E-state index < -0.39 is 0 Å². The summed E-state index contributed by atoms with van der Waals surface area (Å²) in [7, 11) is 0. The standard InChI is InChI=1S/C19H21N5S/c1-13-5-3-7-16(20-13)11-24(12-17-8-4-6-14(2)21-17)19-22-18(23-25-19)15-9-10-15/h3-8,15H,9-12H2,1-2H3. The van der Waals surface area contributed by atoms with Gasteiger partial charge in [0.05, 0.1) is 24.5 Å². The van der Waals surface area contributed by atoms with Crippen molar-refractivity contribution in [1.82, 2.24) is 19.3 Å². The topological polar surface area (TPSA) is 54.8 Å². The first kappa shape index (κ1) is 16.1. The Labute approximate surface area is 152 Å². The third-order valence-electron chi connectivity index (χ3n) is 4.24. The van der Waals surface area contributed by atoms with Crippen molar-refractivity contribution in [3.63, 3.8) is 0 Å². The first-order chi connectivity index (χ1) is 12.2. The first-order valence-electron chi connectivity index (χ1n) is 8.61. The predicted molar refractivity (Wildman–Crippen MR) is 99.7 cm³/mol. The molecule has 25 heavy (non-hydrogen) atoms. The highest BCUT2D eigenvalue weighted by Crippen LogP contribution is 2.40. The lowest BCUT2D eigenvalue weighted by Gasteiger charge is -2.21. The van der Waals surface area contributed by atoms with Crippen molar-refractivity contribution in [3.8, 4) is 0 Å². The van der Waals surface area contributed by atoms with Gasteiger partial charge in [-0.05, 0) is 51.0 Å². The van der Waals surface area contributed by atoms with Gasteiger partial charge in [0.2, 0.25) is 5.13 Å². The van der Waals surface area contributed by atoms with Crippen LogP contribution >= 0.6 is 11.5 Å². The highest BCUT2D eigenvalue weighted by atomic mass is 32.1. The largest absolute Gasteiger partial charge is 0.335 e. The zero-order chi connectivity index (χ0) is 17.2. The number of nitrogens with zero attached hydrogens (tertiary/aromatic N) is 5. The number of hydrogen-bond donors (Lipinski definition) is 0. The number of anilines is 1. The normalized spacial score (nSPS) is 13.8. The molecule has 1 aliphatic carbocycles. The molecule has 3 aromatic heterocycles. The molecule has 0 amide bonds. The summed E-state index contributed by atoms with van der Waals surface area (Å²) in [5.74, 6) is 1.57. The molecular weight excluding hydrogens is 330 g/mol. The van der Waals surface area contributed by atoms with Crippen molar-refractivity contribution in [1.29, 1.82) is 0 Å². The third-order valence-corrected chi connectivity index (χ3v) is 5.03. The molecule has 3 heterocycles. The second kappa shape index (κ2) is 6.88. The van der Waals surface area contributed by atoms with Gasteiger partial charge in [-0.25, -0.2) is 4.98 Å². The molecule has 1 fully saturated rings. The van der Waals surface area contributed by atoms with Crippen LogP contribution < -0.4 is 4.90 Å². The Bertz CT molecular complexity index is 824. The van der Waals surface area contributed by atoms with Gasteiger partial charge in [0.15, 0.2) is 0 Å². The van der Waals surface area contributed by atoms with Crippen LogP contribution in [0.5, 0.6) is 0 Å². The predicted octanol–water partition coefficient (Wildman–Crippen LogP) is 4.03. The Kier molecular flexibility index (Phi) is 4.44. The summed E-state index contributed by atoms with van der Waals surface area (Å²) in [4.78, 5) is 16.3. The molecule has 6 heteroatoms. The van der Waals surface area contributed by atoms with Crippen molar-refractivity contribution < 1.29 is 0 Å². The molecule has 0 bridgehead atoms. The monoisotopic (exact) mass is 351 g/mol. The number of aromatic nitrogens is 4. The summed E-state index contributed by atoms with van der Waals surface area (Å²) in [5.41, 5.74) is 4.13. The average molecular weight is 351 g/mol. The van der Waals surface area contributed by atoms with Gasteiger partial charge in [0.1, 0.15) is 5.82 Å². The molecule has 4 rings (SSSR count). The summed E-state index contributed by atoms with van der Waals surface area (Å²) in [6.07, 6.45) is 2.43. The molecule has 0 radical (unpaired) electrons. The van der Waals surface area contributed by atoms with E-state index in [0.29, 0.717) is 19.0 Å². The Morgan fingerprint density at radius 2 is 1.52 bits per heavy atom. The molecule has 5 nitrogen and oxygen atoms in total. The Hall–Kier alpha value is -2.34. The van der Waals surface area contributed by atoms with Crippen LogP contribution in [0.1, 0.15) is 47.4 Å². The van der Waals surface area contributed by atoms with Crippen LogP contribution in [0.2, 0.25) is 0 Å². The van der Waals surface area contributed by atoms with Gasteiger partial charge < -0.3 is 4.90 Å². The summed E-state index contributed by atoms with van der Waals surface area (Å²) in [6, 6.07) is 12.3. The molecular formula is C19H21N5S. The van der Waals surface area contributed by atoms with E-state index in [9.17, 15) is 0 Å². The number of aryl methyl sites for hydroxylation is 2. The third kappa shape index (κ3) is 4.02. The van der Waals surface area contributed by atoms with Gasteiger partial charge in [-0.15, -0.1) is 0 Å². The van der Waals surface area contributed by atoms with Crippen LogP contribution in [0.3, 0.4) is 0 Å². The minimum absolute atomic E-state index is 0.570. The second-order valence-corrected chi connectivity index (χ2v) is 7.34. The van der Waals surface area contributed by atoms with E-state index in [1.54, 1.807) is 0 Å². The zero-order valence-corrected chi connectivity index (χ0v) is 15.3. The first-order valence-corrected chi connectivity index (χ1v) is 9.38. The van der Waals surface area contributed by atoms with Crippen molar-refractivity contribution in [2.24, 2.45) is 0 Å². The maximum absolute atomic E-state index is 4.79. The fourth-order valence-electron chi connectivity index (χ4n) is 2.82. The van der Waals surface area contributed by atoms with Crippen molar-refractivity contribution in [2.45, 2.75) is 45.7 Å². The molecule has 0 spiro atoms. The quantitative estimate of drug-likeness (QED) is 0.671. The van der Waals surface area contributed by atoms with E-state index in [0.717, 1.165) is 33.7 Å². The van der Waals surface area contributed by atoms with Crippen molar-refractivity contribution >= 4 is 16.7 Å². The Morgan fingerprint density at radius 1 is 0.920 bits per heavy atom. The Balaban J connectivity index is 1.61. The molecule has 0 aromatic carbocycles. The van der Waals surface area contributed by atoms with Crippen LogP contribution in [0.25, 0.3) is 0 Å². The molecule has 128 valence electrons. The van der Waals surface area contributed by atoms with Gasteiger partial charge in [0.25, 0.3) is 0 Å². The van der Waals surface area contributed by atoms with E-state index in [1.807, 2.05) is 26.0 Å². The second-order valence-electron chi connectivity index (χ2n) is 6.61. The van der Waals surface area contributed by atoms with Crippen molar-refractivity contribution in [3.05, 3.63) is 65.0 Å². The molecule has 0 saturated heterocycles. The van der Waals surface area contributed by atoms with Gasteiger partial charge >= 0.3 is 0 Å². The number of pyridine rings is 2. The van der Waals surface area contributed by atoms with E-state index in [-0.39, 0.29) is 0 Å². The smallest absolute Gasteiger partial charge is 0.205 e. The molecule has 3 aromatic rings. The van der Waals surface area contributed by atoms with Crippen LogP contribution in [0.4, 0.5) is 5.13 Å². The number of hydrogen-bond acceptors (Lipinski definition) is 6. The SMILES string of the molecule is Cc1cccc(CN(Cc2cccc(C)n2)c2nc(C3CC3)ns2)n1. The average Bonchev–Trinajstić information content (AvgIpc) is 3.32. The van der Waals surface area contributed by atoms with E-state index in [2.05, 4.69) is 43.5 Å². The van der Waals surface area contributed by atoms with Gasteiger partial charge in [0, 0.05) is 28.8 Å². The molecule has 0 aliphatic heterocycles. The number of rotatable bonds is 6. The lowest BCUT2D eigenvalue weighted by atomic mass is 10.2. The van der Waals surface area contributed by atoms with Gasteiger partial charge in [-0.3, -0.25) is 9.97 Å². The van der Waals surface area contributed by atoms with Crippen LogP contribution in [0.15, 0.2) is 36.4 Å². The summed E-state index contributed by atoms with van der Waals surface area (Å²) < 4.78 is 4.57. The highest BCUT2D eigenvalue weighted by Gasteiger charge is 2.28. The maximum Gasteiger partial charge on any atom is 0.205 e. The maximum atomic E-state index is 4.79. The van der Waals surface area contributed by atoms with Gasteiger partial charge in [-0.2, -0.15) is 4.37 Å². The molecule has 0 N–H and O–H groups in total. The minimum Gasteiger partial charge on any atom is -0.335 e. The fraction of sp³-hybridized carbons (Fsp3) is 0.368. The molecule has 0 unspecified atom stereocenters. The lowest BCUT2D eigenvalue weighted by molar-refractivity contribution is 0.753. The van der Waals surface area contributed by atoms with E-state index >= 15 is 0 Å². The summed E-state index contributed by atoms with van der Waals surface area (Å²) in [6.45, 7) is 5.45. The van der Waals surface area contributed by atoms with Crippen molar-refractivity contribution in [2.75, 3.05) is 4.90 Å². The van der Waals surface area contributed by atoms with E-state index in [1.165, 1.54) is 24.4 Å². The Morgan fingerprint density at radius 3 is 2.04 bits per heavy atom.